The zero-order valence-corrected chi connectivity index (χ0v) is 12.5. The van der Waals surface area contributed by atoms with E-state index in [1.165, 1.54) is 4.90 Å². The second-order valence-corrected chi connectivity index (χ2v) is 5.86. The highest BCUT2D eigenvalue weighted by Crippen LogP contribution is 2.18. The van der Waals surface area contributed by atoms with Gasteiger partial charge in [0, 0.05) is 23.5 Å². The maximum Gasteiger partial charge on any atom is 0.253 e. The summed E-state index contributed by atoms with van der Waals surface area (Å²) in [5.41, 5.74) is 0.789. The van der Waals surface area contributed by atoms with Crippen LogP contribution in [-0.2, 0) is 0 Å². The number of benzene rings is 1. The topological polar surface area (TPSA) is 32.3 Å². The molecule has 1 aliphatic heterocycles. The van der Waals surface area contributed by atoms with E-state index in [0.717, 1.165) is 37.9 Å². The Morgan fingerprint density at radius 2 is 2.00 bits per heavy atom. The molecule has 1 heterocycles. The summed E-state index contributed by atoms with van der Waals surface area (Å²) >= 11 is 1.70. The van der Waals surface area contributed by atoms with Gasteiger partial charge in [0.1, 0.15) is 0 Å². The molecule has 2 rings (SSSR count). The molecule has 1 unspecified atom stereocenters. The first kappa shape index (κ1) is 14.4. The van der Waals surface area contributed by atoms with Crippen molar-refractivity contribution in [3.8, 4) is 0 Å². The minimum absolute atomic E-state index is 0.138. The van der Waals surface area contributed by atoms with Gasteiger partial charge >= 0.3 is 0 Å². The van der Waals surface area contributed by atoms with Crippen molar-refractivity contribution in [2.24, 2.45) is 0 Å². The monoisotopic (exact) mass is 278 g/mol. The van der Waals surface area contributed by atoms with Crippen LogP contribution in [0.1, 0.15) is 29.6 Å². The minimum atomic E-state index is 0.138. The molecule has 1 N–H and O–H groups in total. The van der Waals surface area contributed by atoms with Crippen LogP contribution in [0, 0.1) is 0 Å². The van der Waals surface area contributed by atoms with Crippen molar-refractivity contribution in [1.29, 1.82) is 0 Å². The highest BCUT2D eigenvalue weighted by atomic mass is 32.2. The molecule has 0 saturated carbocycles. The lowest BCUT2D eigenvalue weighted by atomic mass is 10.1. The van der Waals surface area contributed by atoms with Crippen LogP contribution in [0.15, 0.2) is 29.2 Å². The van der Waals surface area contributed by atoms with Crippen LogP contribution >= 0.6 is 11.8 Å². The quantitative estimate of drug-likeness (QED) is 0.863. The van der Waals surface area contributed by atoms with Crippen LogP contribution in [0.3, 0.4) is 0 Å². The summed E-state index contributed by atoms with van der Waals surface area (Å²) < 4.78 is 0. The van der Waals surface area contributed by atoms with Crippen LogP contribution in [0.4, 0.5) is 0 Å². The molecular weight excluding hydrogens is 256 g/mol. The molecule has 0 aliphatic carbocycles. The van der Waals surface area contributed by atoms with Crippen LogP contribution in [0.25, 0.3) is 0 Å². The van der Waals surface area contributed by atoms with Crippen LogP contribution in [0.5, 0.6) is 0 Å². The van der Waals surface area contributed by atoms with E-state index in [2.05, 4.69) is 5.32 Å². The molecule has 1 aromatic carbocycles. The second-order valence-electron chi connectivity index (χ2n) is 4.98. The molecule has 1 aromatic rings. The first-order chi connectivity index (χ1) is 9.22. The highest BCUT2D eigenvalue weighted by molar-refractivity contribution is 7.98. The fraction of sp³-hybridized carbons (Fsp3) is 0.533. The predicted octanol–water partition coefficient (Wildman–Crippen LogP) is 2.62. The number of rotatable bonds is 3. The standard InChI is InChI=1S/C15H22N2OS/c1-17(13-4-3-10-16-11-9-13)15(18)12-5-7-14(19-2)8-6-12/h5-8,13,16H,3-4,9-11H2,1-2H3. The molecule has 1 fully saturated rings. The summed E-state index contributed by atoms with van der Waals surface area (Å²) in [5.74, 6) is 0.138. The van der Waals surface area contributed by atoms with Gasteiger partial charge in [-0.2, -0.15) is 0 Å². The molecular formula is C15H22N2OS. The molecule has 1 atom stereocenters. The van der Waals surface area contributed by atoms with Gasteiger partial charge in [0.2, 0.25) is 0 Å². The number of hydrogen-bond acceptors (Lipinski definition) is 3. The Balaban J connectivity index is 2.04. The number of carbonyl (C=O) groups is 1. The van der Waals surface area contributed by atoms with Gasteiger partial charge < -0.3 is 10.2 Å². The molecule has 0 spiro atoms. The number of nitrogens with one attached hydrogen (secondary N) is 1. The average Bonchev–Trinajstić information content (AvgIpc) is 2.75. The average molecular weight is 278 g/mol. The summed E-state index contributed by atoms with van der Waals surface area (Å²) in [5, 5.41) is 3.39. The Hall–Kier alpha value is -1.00. The number of hydrogen-bond donors (Lipinski definition) is 1. The Morgan fingerprint density at radius 3 is 2.68 bits per heavy atom. The van der Waals surface area contributed by atoms with E-state index in [0.29, 0.717) is 6.04 Å². The summed E-state index contributed by atoms with van der Waals surface area (Å²) in [7, 11) is 1.93. The van der Waals surface area contributed by atoms with Gasteiger partial charge in [-0.1, -0.05) is 0 Å². The number of amides is 1. The van der Waals surface area contributed by atoms with Crippen molar-refractivity contribution < 1.29 is 4.79 Å². The maximum atomic E-state index is 12.5. The van der Waals surface area contributed by atoms with Gasteiger partial charge in [0.25, 0.3) is 5.91 Å². The normalized spacial score (nSPS) is 19.8. The Kier molecular flexibility index (Phi) is 5.28. The fourth-order valence-corrected chi connectivity index (χ4v) is 2.90. The molecule has 19 heavy (non-hydrogen) atoms. The lowest BCUT2D eigenvalue weighted by molar-refractivity contribution is 0.0720. The van der Waals surface area contributed by atoms with E-state index in [1.807, 2.05) is 42.5 Å². The summed E-state index contributed by atoms with van der Waals surface area (Å²) in [6.45, 7) is 2.08. The van der Waals surface area contributed by atoms with Gasteiger partial charge in [-0.15, -0.1) is 11.8 Å². The van der Waals surface area contributed by atoms with E-state index in [9.17, 15) is 4.79 Å². The van der Waals surface area contributed by atoms with Gasteiger partial charge in [0.05, 0.1) is 0 Å². The molecule has 104 valence electrons. The zero-order chi connectivity index (χ0) is 13.7. The predicted molar refractivity (Wildman–Crippen MR) is 80.8 cm³/mol. The molecule has 1 amide bonds. The lowest BCUT2D eigenvalue weighted by Gasteiger charge is -2.27. The molecule has 0 bridgehead atoms. The molecule has 0 radical (unpaired) electrons. The zero-order valence-electron chi connectivity index (χ0n) is 11.7. The molecule has 0 aromatic heterocycles. The van der Waals surface area contributed by atoms with E-state index in [4.69, 9.17) is 0 Å². The lowest BCUT2D eigenvalue weighted by Crippen LogP contribution is -2.37. The SMILES string of the molecule is CSc1ccc(C(=O)N(C)C2CCCNCC2)cc1. The summed E-state index contributed by atoms with van der Waals surface area (Å²) in [4.78, 5) is 15.6. The van der Waals surface area contributed by atoms with E-state index >= 15 is 0 Å². The van der Waals surface area contributed by atoms with E-state index < -0.39 is 0 Å². The third kappa shape index (κ3) is 3.74. The first-order valence-electron chi connectivity index (χ1n) is 6.84. The van der Waals surface area contributed by atoms with Gasteiger partial charge in [-0.05, 0) is 62.9 Å². The van der Waals surface area contributed by atoms with Crippen LogP contribution in [-0.4, -0.2) is 43.2 Å². The van der Waals surface area contributed by atoms with E-state index in [-0.39, 0.29) is 5.91 Å². The summed E-state index contributed by atoms with van der Waals surface area (Å²) in [6.07, 6.45) is 5.33. The fourth-order valence-electron chi connectivity index (χ4n) is 2.49. The number of nitrogens with zero attached hydrogens (tertiary/aromatic N) is 1. The third-order valence-corrected chi connectivity index (χ3v) is 4.49. The van der Waals surface area contributed by atoms with Crippen molar-refractivity contribution >= 4 is 17.7 Å². The first-order valence-corrected chi connectivity index (χ1v) is 8.07. The molecule has 4 heteroatoms. The molecule has 3 nitrogen and oxygen atoms in total. The third-order valence-electron chi connectivity index (χ3n) is 3.75. The van der Waals surface area contributed by atoms with Crippen molar-refractivity contribution in [2.45, 2.75) is 30.2 Å². The molecule has 1 aliphatic rings. The minimum Gasteiger partial charge on any atom is -0.339 e. The largest absolute Gasteiger partial charge is 0.339 e. The van der Waals surface area contributed by atoms with Crippen molar-refractivity contribution in [3.05, 3.63) is 29.8 Å². The number of carbonyl (C=O) groups excluding carboxylic acids is 1. The van der Waals surface area contributed by atoms with E-state index in [1.54, 1.807) is 11.8 Å². The smallest absolute Gasteiger partial charge is 0.253 e. The van der Waals surface area contributed by atoms with Crippen molar-refractivity contribution in [2.75, 3.05) is 26.4 Å². The second kappa shape index (κ2) is 6.96. The maximum absolute atomic E-state index is 12.5. The Bertz CT molecular complexity index is 411. The Labute approximate surface area is 119 Å². The Morgan fingerprint density at radius 1 is 1.26 bits per heavy atom. The highest BCUT2D eigenvalue weighted by Gasteiger charge is 2.21. The van der Waals surface area contributed by atoms with Gasteiger partial charge in [-0.25, -0.2) is 0 Å². The van der Waals surface area contributed by atoms with Crippen molar-refractivity contribution in [1.82, 2.24) is 10.2 Å². The van der Waals surface area contributed by atoms with Crippen LogP contribution < -0.4 is 5.32 Å². The van der Waals surface area contributed by atoms with Gasteiger partial charge in [-0.3, -0.25) is 4.79 Å². The van der Waals surface area contributed by atoms with Crippen LogP contribution in [0.2, 0.25) is 0 Å². The van der Waals surface area contributed by atoms with Gasteiger partial charge in [0.15, 0.2) is 0 Å². The number of thioether (sulfide) groups is 1. The summed E-state index contributed by atoms with van der Waals surface area (Å²) in [6, 6.07) is 8.25. The van der Waals surface area contributed by atoms with Crippen molar-refractivity contribution in [3.63, 3.8) is 0 Å². The molecule has 1 saturated heterocycles.